The molecule has 74 heavy (non-hydrogen) atoms. The van der Waals surface area contributed by atoms with Crippen LogP contribution in [0.1, 0.15) is 61.8 Å². The van der Waals surface area contributed by atoms with Gasteiger partial charge in [0.25, 0.3) is 0 Å². The minimum absolute atomic E-state index is 0.122. The Labute approximate surface area is 436 Å². The van der Waals surface area contributed by atoms with Gasteiger partial charge in [-0.25, -0.2) is 28.2 Å². The lowest BCUT2D eigenvalue weighted by Gasteiger charge is -2.39. The molecule has 7 heterocycles. The third-order valence-electron chi connectivity index (χ3n) is 14.1. The number of carbonyl (C=O) groups is 1. The fraction of sp³-hybridized carbons (Fsp3) is 0.328. The highest BCUT2D eigenvalue weighted by Crippen LogP contribution is 2.47. The Hall–Kier alpha value is -7.40. The molecular formula is C58H67N9O6S. The topological polar surface area (TPSA) is 164 Å². The number of sulfonamides is 1. The first kappa shape index (κ1) is 52.9. The number of ether oxygens (including phenoxy) is 3. The molecule has 3 aromatic heterocycles. The van der Waals surface area contributed by atoms with Crippen LogP contribution in [0, 0.1) is 0 Å². The Bertz CT molecular complexity index is 2990. The van der Waals surface area contributed by atoms with Gasteiger partial charge in [-0.15, -0.1) is 0 Å². The highest BCUT2D eigenvalue weighted by molar-refractivity contribution is 7.92. The number of anilines is 3. The number of nitrogens with one attached hydrogen (secondary N) is 2. The molecule has 0 atom stereocenters. The maximum atomic E-state index is 12.2. The van der Waals surface area contributed by atoms with Crippen LogP contribution in [0.5, 0.6) is 17.2 Å². The highest BCUT2D eigenvalue weighted by Gasteiger charge is 2.48. The number of para-hydroxylation sites is 1. The van der Waals surface area contributed by atoms with Crippen LogP contribution in [0.3, 0.4) is 0 Å². The summed E-state index contributed by atoms with van der Waals surface area (Å²) in [5.41, 5.74) is 6.99. The van der Waals surface area contributed by atoms with Crippen molar-refractivity contribution in [3.63, 3.8) is 0 Å². The molecule has 0 unspecified atom stereocenters. The number of benzene rings is 4. The Morgan fingerprint density at radius 1 is 0.622 bits per heavy atom. The van der Waals surface area contributed by atoms with Crippen LogP contribution in [0.25, 0.3) is 11.3 Å². The average Bonchev–Trinajstić information content (AvgIpc) is 3.98. The van der Waals surface area contributed by atoms with E-state index in [0.717, 1.165) is 92.8 Å². The van der Waals surface area contributed by atoms with Crippen molar-refractivity contribution in [2.24, 2.45) is 0 Å². The van der Waals surface area contributed by atoms with Crippen molar-refractivity contribution in [1.82, 2.24) is 29.7 Å². The molecule has 7 aromatic rings. The summed E-state index contributed by atoms with van der Waals surface area (Å²) in [5, 5.41) is 6.03. The van der Waals surface area contributed by atoms with E-state index in [4.69, 9.17) is 14.2 Å². The van der Waals surface area contributed by atoms with Crippen molar-refractivity contribution < 1.29 is 27.4 Å². The summed E-state index contributed by atoms with van der Waals surface area (Å²) in [4.78, 5) is 34.0. The molecule has 2 fully saturated rings. The van der Waals surface area contributed by atoms with E-state index in [2.05, 4.69) is 76.8 Å². The minimum Gasteiger partial charge on any atom is -0.497 e. The first-order valence-electron chi connectivity index (χ1n) is 25.3. The van der Waals surface area contributed by atoms with Gasteiger partial charge < -0.3 is 19.5 Å². The van der Waals surface area contributed by atoms with Crippen molar-refractivity contribution in [2.75, 3.05) is 74.7 Å². The van der Waals surface area contributed by atoms with Crippen LogP contribution in [-0.4, -0.2) is 104 Å². The molecule has 0 saturated carbocycles. The molecule has 2 spiro atoms. The van der Waals surface area contributed by atoms with Crippen molar-refractivity contribution in [2.45, 2.75) is 63.5 Å². The van der Waals surface area contributed by atoms with Gasteiger partial charge in [0.15, 0.2) is 5.82 Å². The second kappa shape index (κ2) is 24.5. The minimum atomic E-state index is -3.31. The number of pyridine rings is 2. The molecule has 4 aromatic carbocycles. The largest absolute Gasteiger partial charge is 0.497 e. The maximum absolute atomic E-state index is 12.2. The zero-order valence-electron chi connectivity index (χ0n) is 43.0. The summed E-state index contributed by atoms with van der Waals surface area (Å²) < 4.78 is 41.5. The standard InChI is InChI=1S/C20H25N3O3S.C19H23N3O.C17H13N3O2.C2H6/c1-26-17-7-5-16(6-8-17)14-22-12-9-20(10-13-22)15-23(27(2,24)25)19-18(20)4-3-11-21-19;1-23-16-6-4-15(5-7-16)13-22-11-8-19(9-12-22)14-21-18-17(19)3-2-10-20-18;21-17(22-14-9-5-2-6-10-14)20-16-12-18-15(11-19-16)13-7-3-1-4-8-13;1-2/h3-8,11H,9-10,12-15H2,1-2H3;2-7,10H,8-9,11-14H2,1H3,(H,20,21);1-12H,(H,19,20,21);1-2H3. The second-order valence-electron chi connectivity index (χ2n) is 18.7. The third kappa shape index (κ3) is 13.0. The van der Waals surface area contributed by atoms with E-state index in [1.807, 2.05) is 92.8 Å². The second-order valence-corrected chi connectivity index (χ2v) is 20.6. The lowest BCUT2D eigenvalue weighted by Crippen LogP contribution is -2.45. The van der Waals surface area contributed by atoms with Crippen molar-refractivity contribution >= 4 is 33.6 Å². The number of amides is 1. The van der Waals surface area contributed by atoms with Crippen LogP contribution < -0.4 is 29.1 Å². The van der Waals surface area contributed by atoms with Gasteiger partial charge in [-0.05, 0) is 112 Å². The van der Waals surface area contributed by atoms with Gasteiger partial charge in [-0.3, -0.25) is 24.4 Å². The average molecular weight is 1020 g/mol. The summed E-state index contributed by atoms with van der Waals surface area (Å²) in [6, 6.07) is 43.4. The number of methoxy groups -OCH3 is 2. The molecule has 386 valence electrons. The first-order valence-corrected chi connectivity index (χ1v) is 27.1. The zero-order chi connectivity index (χ0) is 52.0. The first-order chi connectivity index (χ1) is 36.0. The molecule has 4 aliphatic heterocycles. The number of piperidine rings is 2. The molecule has 0 bridgehead atoms. The molecule has 15 nitrogen and oxygen atoms in total. The Morgan fingerprint density at radius 2 is 1.16 bits per heavy atom. The van der Waals surface area contributed by atoms with Crippen LogP contribution >= 0.6 is 0 Å². The van der Waals surface area contributed by atoms with Gasteiger partial charge in [-0.1, -0.05) is 98.8 Å². The molecule has 0 radical (unpaired) electrons. The molecular weight excluding hydrogens is 951 g/mol. The number of rotatable bonds is 10. The van der Waals surface area contributed by atoms with Gasteiger partial charge >= 0.3 is 6.09 Å². The molecule has 2 N–H and O–H groups in total. The van der Waals surface area contributed by atoms with E-state index < -0.39 is 16.1 Å². The number of fused-ring (bicyclic) bond motifs is 4. The normalized spacial score (nSPS) is 16.1. The quantitative estimate of drug-likeness (QED) is 0.133. The van der Waals surface area contributed by atoms with E-state index in [0.29, 0.717) is 29.3 Å². The van der Waals surface area contributed by atoms with Crippen LogP contribution in [-0.2, 0) is 33.9 Å². The van der Waals surface area contributed by atoms with Crippen molar-refractivity contribution in [1.29, 1.82) is 0 Å². The number of hydrogen-bond donors (Lipinski definition) is 2. The molecule has 4 aliphatic rings. The Balaban J connectivity index is 0.000000146. The van der Waals surface area contributed by atoms with Crippen LogP contribution in [0.4, 0.5) is 22.2 Å². The summed E-state index contributed by atoms with van der Waals surface area (Å²) in [6.07, 6.45) is 11.6. The van der Waals surface area contributed by atoms with Gasteiger partial charge in [0.05, 0.1) is 38.6 Å². The van der Waals surface area contributed by atoms with E-state index in [9.17, 15) is 13.2 Å². The van der Waals surface area contributed by atoms with Gasteiger partial charge in [0.1, 0.15) is 28.9 Å². The van der Waals surface area contributed by atoms with E-state index in [1.54, 1.807) is 50.9 Å². The fourth-order valence-corrected chi connectivity index (χ4v) is 11.0. The Morgan fingerprint density at radius 3 is 1.70 bits per heavy atom. The summed E-state index contributed by atoms with van der Waals surface area (Å²) >= 11 is 0. The van der Waals surface area contributed by atoms with Crippen molar-refractivity contribution in [3.8, 4) is 28.5 Å². The van der Waals surface area contributed by atoms with E-state index in [1.165, 1.54) is 46.3 Å². The van der Waals surface area contributed by atoms with Crippen molar-refractivity contribution in [3.05, 3.63) is 181 Å². The summed E-state index contributed by atoms with van der Waals surface area (Å²) in [6.45, 7) is 11.6. The van der Waals surface area contributed by atoms with Crippen LogP contribution in [0.2, 0.25) is 0 Å². The van der Waals surface area contributed by atoms with Gasteiger partial charge in [0, 0.05) is 66.1 Å². The number of hydrogen-bond acceptors (Lipinski definition) is 13. The van der Waals surface area contributed by atoms with Gasteiger partial charge in [-0.2, -0.15) is 0 Å². The Kier molecular flexibility index (Phi) is 17.6. The maximum Gasteiger partial charge on any atom is 0.418 e. The lowest BCUT2D eigenvalue weighted by molar-refractivity contribution is 0.161. The summed E-state index contributed by atoms with van der Waals surface area (Å²) in [7, 11) is 0.0689. The number of likely N-dealkylation sites (tertiary alicyclic amines) is 2. The van der Waals surface area contributed by atoms with Gasteiger partial charge in [0.2, 0.25) is 10.0 Å². The van der Waals surface area contributed by atoms with E-state index >= 15 is 0 Å². The molecule has 16 heteroatoms. The number of aromatic nitrogens is 4. The van der Waals surface area contributed by atoms with E-state index in [-0.39, 0.29) is 5.41 Å². The predicted octanol–water partition coefficient (Wildman–Crippen LogP) is 10.2. The smallest absolute Gasteiger partial charge is 0.418 e. The SMILES string of the molecule is CC.COc1ccc(CN2CCC3(CC2)CN(S(C)(=O)=O)c2ncccc23)cc1.COc1ccc(CN2CCC3(CC2)CNc2ncccc23)cc1.O=C(Nc1cnc(-c2ccccc2)cn1)Oc1ccccc1. The molecule has 0 aliphatic carbocycles. The lowest BCUT2D eigenvalue weighted by atomic mass is 9.75. The molecule has 1 amide bonds. The summed E-state index contributed by atoms with van der Waals surface area (Å²) in [5.74, 6) is 4.30. The monoisotopic (exact) mass is 1020 g/mol. The zero-order valence-corrected chi connectivity index (χ0v) is 43.8. The fourth-order valence-electron chi connectivity index (χ4n) is 10.0. The highest BCUT2D eigenvalue weighted by atomic mass is 32.2. The van der Waals surface area contributed by atoms with Crippen LogP contribution in [0.15, 0.2) is 158 Å². The third-order valence-corrected chi connectivity index (χ3v) is 15.2. The molecule has 11 rings (SSSR count). The number of nitrogens with zero attached hydrogens (tertiary/aromatic N) is 7. The predicted molar refractivity (Wildman–Crippen MR) is 292 cm³/mol. The molecule has 2 saturated heterocycles. The number of carbonyl (C=O) groups excluding carboxylic acids is 1.